The first kappa shape index (κ1) is 27.8. The molecule has 0 radical (unpaired) electrons. The van der Waals surface area contributed by atoms with E-state index < -0.39 is 0 Å². The standard InChI is InChI=1S/C34H38N2O4/c1-4-19-34(20-5-2)30-21-25(15-17-28(30)29-18-16-26(36(38)39)22-31(29)34)32(27-14-10-9-11-23(27)3)35-40-33(37)24-12-7-6-8-13-24/h9-11,14-18,21-22,24H,4-8,12-13,19-20H2,1-3H3. The third-order valence-electron chi connectivity index (χ3n) is 8.75. The molecule has 1 saturated carbocycles. The lowest BCUT2D eigenvalue weighted by atomic mass is 9.71. The van der Waals surface area contributed by atoms with Gasteiger partial charge in [0.15, 0.2) is 0 Å². The van der Waals surface area contributed by atoms with Gasteiger partial charge in [-0.2, -0.15) is 0 Å². The number of carbonyl (C=O) groups is 1. The predicted molar refractivity (Wildman–Crippen MR) is 159 cm³/mol. The van der Waals surface area contributed by atoms with Crippen LogP contribution in [0.3, 0.4) is 0 Å². The van der Waals surface area contributed by atoms with Gasteiger partial charge in [0, 0.05) is 28.7 Å². The molecule has 3 aromatic rings. The van der Waals surface area contributed by atoms with E-state index in [2.05, 4.69) is 31.1 Å². The number of aryl methyl sites for hydroxylation is 1. The maximum Gasteiger partial charge on any atom is 0.338 e. The van der Waals surface area contributed by atoms with E-state index in [1.807, 2.05) is 43.3 Å². The van der Waals surface area contributed by atoms with Gasteiger partial charge in [0.05, 0.1) is 10.8 Å². The van der Waals surface area contributed by atoms with Crippen LogP contribution in [-0.2, 0) is 15.0 Å². The molecule has 1 fully saturated rings. The van der Waals surface area contributed by atoms with E-state index in [1.165, 1.54) is 12.0 Å². The van der Waals surface area contributed by atoms with Crippen molar-refractivity contribution in [3.05, 3.63) is 98.6 Å². The van der Waals surface area contributed by atoms with Gasteiger partial charge in [0.2, 0.25) is 0 Å². The highest BCUT2D eigenvalue weighted by Gasteiger charge is 2.43. The van der Waals surface area contributed by atoms with Crippen molar-refractivity contribution in [1.82, 2.24) is 0 Å². The first-order valence-electron chi connectivity index (χ1n) is 14.7. The molecule has 208 valence electrons. The van der Waals surface area contributed by atoms with E-state index in [-0.39, 0.29) is 27.9 Å². The Morgan fingerprint density at radius 3 is 2.25 bits per heavy atom. The normalized spacial score (nSPS) is 16.3. The third kappa shape index (κ3) is 5.07. The lowest BCUT2D eigenvalue weighted by molar-refractivity contribution is -0.384. The van der Waals surface area contributed by atoms with Crippen LogP contribution >= 0.6 is 0 Å². The van der Waals surface area contributed by atoms with Crippen molar-refractivity contribution in [2.24, 2.45) is 11.1 Å². The number of hydrogen-bond acceptors (Lipinski definition) is 5. The van der Waals surface area contributed by atoms with Crippen LogP contribution in [0.15, 0.2) is 65.8 Å². The summed E-state index contributed by atoms with van der Waals surface area (Å²) in [5, 5.41) is 16.3. The molecule has 0 aromatic heterocycles. The van der Waals surface area contributed by atoms with E-state index >= 15 is 0 Å². The molecule has 0 atom stereocenters. The number of nitro groups is 1. The summed E-state index contributed by atoms with van der Waals surface area (Å²) in [5.41, 5.74) is 7.65. The van der Waals surface area contributed by atoms with E-state index in [1.54, 1.807) is 12.1 Å². The van der Waals surface area contributed by atoms with Crippen LogP contribution in [0.2, 0.25) is 0 Å². The molecule has 6 nitrogen and oxygen atoms in total. The fraction of sp³-hybridized carbons (Fsp3) is 0.412. The molecule has 3 aromatic carbocycles. The van der Waals surface area contributed by atoms with Crippen molar-refractivity contribution in [2.75, 3.05) is 0 Å². The average Bonchev–Trinajstić information content (AvgIpc) is 3.23. The van der Waals surface area contributed by atoms with Crippen molar-refractivity contribution in [1.29, 1.82) is 0 Å². The van der Waals surface area contributed by atoms with E-state index in [0.717, 1.165) is 84.7 Å². The van der Waals surface area contributed by atoms with Gasteiger partial charge in [-0.3, -0.25) is 10.1 Å². The molecule has 0 spiro atoms. The zero-order valence-electron chi connectivity index (χ0n) is 23.7. The van der Waals surface area contributed by atoms with Gasteiger partial charge in [-0.25, -0.2) is 4.79 Å². The van der Waals surface area contributed by atoms with Gasteiger partial charge in [-0.15, -0.1) is 0 Å². The van der Waals surface area contributed by atoms with Crippen molar-refractivity contribution < 1.29 is 14.6 Å². The molecule has 0 saturated heterocycles. The molecule has 0 unspecified atom stereocenters. The summed E-state index contributed by atoms with van der Waals surface area (Å²) in [5.74, 6) is -0.347. The van der Waals surface area contributed by atoms with E-state index in [4.69, 9.17) is 4.84 Å². The fourth-order valence-electron chi connectivity index (χ4n) is 6.86. The summed E-state index contributed by atoms with van der Waals surface area (Å²) >= 11 is 0. The minimum Gasteiger partial charge on any atom is -0.317 e. The lowest BCUT2D eigenvalue weighted by Crippen LogP contribution is -2.25. The van der Waals surface area contributed by atoms with Gasteiger partial charge < -0.3 is 4.84 Å². The summed E-state index contributed by atoms with van der Waals surface area (Å²) < 4.78 is 0. The Kier molecular flexibility index (Phi) is 8.15. The minimum absolute atomic E-state index is 0.0947. The zero-order chi connectivity index (χ0) is 28.3. The smallest absolute Gasteiger partial charge is 0.317 e. The molecule has 2 aliphatic carbocycles. The van der Waals surface area contributed by atoms with Gasteiger partial charge in [0.1, 0.15) is 5.71 Å². The average molecular weight is 539 g/mol. The molecule has 0 N–H and O–H groups in total. The Morgan fingerprint density at radius 2 is 1.60 bits per heavy atom. The monoisotopic (exact) mass is 538 g/mol. The largest absolute Gasteiger partial charge is 0.338 e. The van der Waals surface area contributed by atoms with Crippen molar-refractivity contribution in [3.63, 3.8) is 0 Å². The second-order valence-electron chi connectivity index (χ2n) is 11.3. The van der Waals surface area contributed by atoms with E-state index in [0.29, 0.717) is 5.71 Å². The Hall–Kier alpha value is -3.80. The first-order valence-corrected chi connectivity index (χ1v) is 14.7. The summed E-state index contributed by atoms with van der Waals surface area (Å²) in [6.07, 6.45) is 8.65. The Balaban J connectivity index is 1.64. The van der Waals surface area contributed by atoms with Crippen molar-refractivity contribution in [2.45, 2.75) is 84.0 Å². The maximum atomic E-state index is 13.0. The van der Waals surface area contributed by atoms with Gasteiger partial charge in [0.25, 0.3) is 5.69 Å². The van der Waals surface area contributed by atoms with Crippen LogP contribution < -0.4 is 0 Å². The predicted octanol–water partition coefficient (Wildman–Crippen LogP) is 8.65. The number of carbonyl (C=O) groups excluding carboxylic acids is 1. The number of benzene rings is 3. The van der Waals surface area contributed by atoms with Crippen LogP contribution in [0.25, 0.3) is 11.1 Å². The Labute approximate surface area is 236 Å². The quantitative estimate of drug-likeness (QED) is 0.118. The third-order valence-corrected chi connectivity index (χ3v) is 8.75. The number of rotatable bonds is 9. The van der Waals surface area contributed by atoms with Crippen LogP contribution in [0.4, 0.5) is 5.69 Å². The van der Waals surface area contributed by atoms with Gasteiger partial charge >= 0.3 is 5.97 Å². The fourth-order valence-corrected chi connectivity index (χ4v) is 6.86. The highest BCUT2D eigenvalue weighted by molar-refractivity contribution is 6.14. The summed E-state index contributed by atoms with van der Waals surface area (Å²) in [7, 11) is 0. The highest BCUT2D eigenvalue weighted by atomic mass is 16.7. The summed E-state index contributed by atoms with van der Waals surface area (Å²) in [4.78, 5) is 30.0. The van der Waals surface area contributed by atoms with Crippen LogP contribution in [0.5, 0.6) is 0 Å². The van der Waals surface area contributed by atoms with Gasteiger partial charge in [-0.1, -0.05) is 87.5 Å². The van der Waals surface area contributed by atoms with Crippen LogP contribution in [0.1, 0.15) is 99.5 Å². The number of non-ortho nitro benzene ring substituents is 1. The minimum atomic E-state index is -0.328. The molecule has 0 aliphatic heterocycles. The Morgan fingerprint density at radius 1 is 0.950 bits per heavy atom. The van der Waals surface area contributed by atoms with Crippen molar-refractivity contribution in [3.8, 4) is 11.1 Å². The molecule has 6 heteroatoms. The molecule has 5 rings (SSSR count). The number of nitrogens with zero attached hydrogens (tertiary/aromatic N) is 2. The van der Waals surface area contributed by atoms with Crippen molar-refractivity contribution >= 4 is 17.4 Å². The van der Waals surface area contributed by atoms with Crippen LogP contribution in [0, 0.1) is 23.0 Å². The highest BCUT2D eigenvalue weighted by Crippen LogP contribution is 2.54. The second kappa shape index (κ2) is 11.7. The number of oxime groups is 1. The molecule has 2 aliphatic rings. The van der Waals surface area contributed by atoms with Crippen LogP contribution in [-0.4, -0.2) is 16.6 Å². The SMILES string of the molecule is CCCC1(CCC)c2cc(C(=NOC(=O)C3CCCCC3)c3ccccc3C)ccc2-c2ccc([N+](=O)[O-])cc21. The molecule has 0 amide bonds. The zero-order valence-corrected chi connectivity index (χ0v) is 23.7. The molecular formula is C34H38N2O4. The topological polar surface area (TPSA) is 81.8 Å². The molecule has 0 heterocycles. The number of nitro benzene ring substituents is 1. The number of fused-ring (bicyclic) bond motifs is 3. The summed E-state index contributed by atoms with van der Waals surface area (Å²) in [6, 6.07) is 19.6. The maximum absolute atomic E-state index is 13.0. The summed E-state index contributed by atoms with van der Waals surface area (Å²) in [6.45, 7) is 6.37. The van der Waals surface area contributed by atoms with Gasteiger partial charge in [-0.05, 0) is 72.6 Å². The lowest BCUT2D eigenvalue weighted by Gasteiger charge is -2.32. The second-order valence-corrected chi connectivity index (χ2v) is 11.3. The molecular weight excluding hydrogens is 500 g/mol. The number of hydrogen-bond donors (Lipinski definition) is 0. The molecule has 40 heavy (non-hydrogen) atoms. The first-order chi connectivity index (χ1) is 19.4. The van der Waals surface area contributed by atoms with E-state index in [9.17, 15) is 14.9 Å². The Bertz CT molecular complexity index is 1450. The molecule has 0 bridgehead atoms.